The molecular formula is C14H17BrFNO2. The summed E-state index contributed by atoms with van der Waals surface area (Å²) < 4.78 is 13.7. The molecule has 1 N–H and O–H groups in total. The van der Waals surface area contributed by atoms with Crippen LogP contribution in [0.3, 0.4) is 0 Å². The zero-order valence-corrected chi connectivity index (χ0v) is 12.2. The van der Waals surface area contributed by atoms with Gasteiger partial charge in [0.25, 0.3) is 5.91 Å². The summed E-state index contributed by atoms with van der Waals surface area (Å²) in [6, 6.07) is 4.72. The van der Waals surface area contributed by atoms with E-state index in [0.717, 1.165) is 19.3 Å². The van der Waals surface area contributed by atoms with Gasteiger partial charge < -0.3 is 10.0 Å². The van der Waals surface area contributed by atoms with Crippen molar-refractivity contribution in [1.82, 2.24) is 4.90 Å². The smallest absolute Gasteiger partial charge is 0.255 e. The zero-order chi connectivity index (χ0) is 13.8. The topological polar surface area (TPSA) is 40.5 Å². The predicted octanol–water partition coefficient (Wildman–Crippen LogP) is 2.97. The van der Waals surface area contributed by atoms with Crippen LogP contribution in [-0.2, 0) is 0 Å². The molecule has 0 spiro atoms. The molecule has 0 aliphatic heterocycles. The van der Waals surface area contributed by atoms with Crippen LogP contribution in [0.5, 0.6) is 0 Å². The van der Waals surface area contributed by atoms with Gasteiger partial charge in [0.15, 0.2) is 0 Å². The maximum Gasteiger partial charge on any atom is 0.255 e. The number of halogens is 2. The normalized spacial score (nSPS) is 15.1. The maximum atomic E-state index is 13.5. The number of carbonyl (C=O) groups excluding carboxylic acids is 1. The van der Waals surface area contributed by atoms with Gasteiger partial charge in [0.2, 0.25) is 0 Å². The van der Waals surface area contributed by atoms with Gasteiger partial charge in [-0.3, -0.25) is 4.79 Å². The lowest BCUT2D eigenvalue weighted by Gasteiger charge is -2.37. The minimum absolute atomic E-state index is 0.0564. The van der Waals surface area contributed by atoms with E-state index in [2.05, 4.69) is 15.9 Å². The van der Waals surface area contributed by atoms with Crippen LogP contribution in [0.25, 0.3) is 0 Å². The highest BCUT2D eigenvalue weighted by Crippen LogP contribution is 2.29. The van der Waals surface area contributed by atoms with Crippen LogP contribution < -0.4 is 0 Å². The van der Waals surface area contributed by atoms with E-state index < -0.39 is 5.82 Å². The Balaban J connectivity index is 2.20. The fraction of sp³-hybridized carbons (Fsp3) is 0.500. The molecule has 1 aromatic rings. The molecule has 1 aromatic carbocycles. The molecule has 0 saturated heterocycles. The van der Waals surface area contributed by atoms with Crippen molar-refractivity contribution in [3.05, 3.63) is 34.1 Å². The fourth-order valence-electron chi connectivity index (χ4n) is 2.21. The van der Waals surface area contributed by atoms with Gasteiger partial charge >= 0.3 is 0 Å². The SMILES string of the molecule is O=C(c1cccc(F)c1Br)N(CCCO)C1CCC1. The van der Waals surface area contributed by atoms with E-state index in [0.29, 0.717) is 18.5 Å². The number of hydrogen-bond acceptors (Lipinski definition) is 2. The number of benzene rings is 1. The standard InChI is InChI=1S/C14H17BrFNO2/c15-13-11(6-2-7-12(13)16)14(19)17(8-3-9-18)10-4-1-5-10/h2,6-7,10,18H,1,3-5,8-9H2. The monoisotopic (exact) mass is 329 g/mol. The number of hydrogen-bond donors (Lipinski definition) is 1. The largest absolute Gasteiger partial charge is 0.396 e. The molecule has 0 aromatic heterocycles. The summed E-state index contributed by atoms with van der Waals surface area (Å²) in [5, 5.41) is 8.93. The Kier molecular flexibility index (Phi) is 4.93. The number of aliphatic hydroxyl groups excluding tert-OH is 1. The molecule has 3 nitrogen and oxygen atoms in total. The van der Waals surface area contributed by atoms with E-state index in [1.165, 1.54) is 6.07 Å². The van der Waals surface area contributed by atoms with Crippen molar-refractivity contribution in [3.63, 3.8) is 0 Å². The summed E-state index contributed by atoms with van der Waals surface area (Å²) in [6.07, 6.45) is 3.65. The molecular weight excluding hydrogens is 313 g/mol. The Morgan fingerprint density at radius 1 is 1.47 bits per heavy atom. The number of aliphatic hydroxyl groups is 1. The molecule has 1 saturated carbocycles. The molecule has 1 amide bonds. The van der Waals surface area contributed by atoms with E-state index >= 15 is 0 Å². The Morgan fingerprint density at radius 2 is 2.21 bits per heavy atom. The van der Waals surface area contributed by atoms with Crippen molar-refractivity contribution in [2.24, 2.45) is 0 Å². The molecule has 0 radical (unpaired) electrons. The van der Waals surface area contributed by atoms with Crippen molar-refractivity contribution in [3.8, 4) is 0 Å². The first kappa shape index (κ1) is 14.5. The van der Waals surface area contributed by atoms with Gasteiger partial charge in [-0.15, -0.1) is 0 Å². The van der Waals surface area contributed by atoms with E-state index in [9.17, 15) is 9.18 Å². The second kappa shape index (κ2) is 6.48. The lowest BCUT2D eigenvalue weighted by molar-refractivity contribution is 0.0561. The van der Waals surface area contributed by atoms with Crippen molar-refractivity contribution in [1.29, 1.82) is 0 Å². The Morgan fingerprint density at radius 3 is 2.79 bits per heavy atom. The van der Waals surface area contributed by atoms with Gasteiger partial charge in [0, 0.05) is 19.2 Å². The van der Waals surface area contributed by atoms with E-state index in [-0.39, 0.29) is 23.0 Å². The first-order valence-electron chi connectivity index (χ1n) is 6.51. The second-order valence-corrected chi connectivity index (χ2v) is 5.55. The molecule has 0 atom stereocenters. The van der Waals surface area contributed by atoms with Gasteiger partial charge in [-0.2, -0.15) is 0 Å². The Labute approximate surface area is 120 Å². The Hall–Kier alpha value is -0.940. The fourth-order valence-corrected chi connectivity index (χ4v) is 2.65. The first-order valence-corrected chi connectivity index (χ1v) is 7.30. The van der Waals surface area contributed by atoms with Gasteiger partial charge in [-0.05, 0) is 53.7 Å². The number of carbonyl (C=O) groups is 1. The quantitative estimate of drug-likeness (QED) is 0.902. The molecule has 2 rings (SSSR count). The summed E-state index contributed by atoms with van der Waals surface area (Å²) in [7, 11) is 0. The summed E-state index contributed by atoms with van der Waals surface area (Å²) >= 11 is 3.13. The number of amides is 1. The summed E-state index contributed by atoms with van der Waals surface area (Å²) in [5.41, 5.74) is 0.352. The number of nitrogens with zero attached hydrogens (tertiary/aromatic N) is 1. The maximum absolute atomic E-state index is 13.5. The predicted molar refractivity (Wildman–Crippen MR) is 74.5 cm³/mol. The molecule has 1 aliphatic carbocycles. The van der Waals surface area contributed by atoms with Crippen LogP contribution in [-0.4, -0.2) is 35.1 Å². The van der Waals surface area contributed by atoms with Crippen molar-refractivity contribution in [2.75, 3.05) is 13.2 Å². The molecule has 5 heteroatoms. The van der Waals surface area contributed by atoms with E-state index in [4.69, 9.17) is 5.11 Å². The van der Waals surface area contributed by atoms with Crippen LogP contribution in [0.1, 0.15) is 36.0 Å². The zero-order valence-electron chi connectivity index (χ0n) is 10.6. The van der Waals surface area contributed by atoms with Crippen LogP contribution in [0, 0.1) is 5.82 Å². The second-order valence-electron chi connectivity index (χ2n) is 4.76. The highest BCUT2D eigenvalue weighted by Gasteiger charge is 2.30. The van der Waals surface area contributed by atoms with Gasteiger partial charge in [0.05, 0.1) is 10.0 Å². The molecule has 0 heterocycles. The first-order chi connectivity index (χ1) is 9.15. The highest BCUT2D eigenvalue weighted by molar-refractivity contribution is 9.10. The average Bonchev–Trinajstić information content (AvgIpc) is 2.34. The van der Waals surface area contributed by atoms with E-state index in [1.807, 2.05) is 0 Å². The van der Waals surface area contributed by atoms with Crippen molar-refractivity contribution >= 4 is 21.8 Å². The highest BCUT2D eigenvalue weighted by atomic mass is 79.9. The van der Waals surface area contributed by atoms with Gasteiger partial charge in [0.1, 0.15) is 5.82 Å². The number of rotatable bonds is 5. The minimum atomic E-state index is -0.429. The van der Waals surface area contributed by atoms with Gasteiger partial charge in [-0.1, -0.05) is 6.07 Å². The van der Waals surface area contributed by atoms with Crippen LogP contribution in [0.2, 0.25) is 0 Å². The molecule has 104 valence electrons. The lowest BCUT2D eigenvalue weighted by Crippen LogP contribution is -2.45. The summed E-state index contributed by atoms with van der Waals surface area (Å²) in [6.45, 7) is 0.573. The van der Waals surface area contributed by atoms with Crippen LogP contribution in [0.15, 0.2) is 22.7 Å². The molecule has 1 fully saturated rings. The van der Waals surface area contributed by atoms with Crippen molar-refractivity contribution in [2.45, 2.75) is 31.7 Å². The third kappa shape index (κ3) is 3.15. The summed E-state index contributed by atoms with van der Waals surface area (Å²) in [4.78, 5) is 14.3. The van der Waals surface area contributed by atoms with Crippen LogP contribution in [0.4, 0.5) is 4.39 Å². The average molecular weight is 330 g/mol. The van der Waals surface area contributed by atoms with Crippen LogP contribution >= 0.6 is 15.9 Å². The van der Waals surface area contributed by atoms with Gasteiger partial charge in [-0.25, -0.2) is 4.39 Å². The molecule has 19 heavy (non-hydrogen) atoms. The van der Waals surface area contributed by atoms with E-state index in [1.54, 1.807) is 17.0 Å². The van der Waals surface area contributed by atoms with Crippen molar-refractivity contribution < 1.29 is 14.3 Å². The Bertz CT molecular complexity index is 463. The molecule has 1 aliphatic rings. The third-order valence-electron chi connectivity index (χ3n) is 3.52. The lowest BCUT2D eigenvalue weighted by atomic mass is 9.90. The molecule has 0 bridgehead atoms. The summed E-state index contributed by atoms with van der Waals surface area (Å²) in [5.74, 6) is -0.592. The third-order valence-corrected chi connectivity index (χ3v) is 4.32. The molecule has 0 unspecified atom stereocenters. The minimum Gasteiger partial charge on any atom is -0.396 e.